The Morgan fingerprint density at radius 2 is 2.26 bits per heavy atom. The highest BCUT2D eigenvalue weighted by Crippen LogP contribution is 2.25. The monoisotopic (exact) mass is 264 g/mol. The molecule has 0 radical (unpaired) electrons. The maximum Gasteiger partial charge on any atom is 0.295 e. The minimum atomic E-state index is -0.0877. The van der Waals surface area contributed by atoms with Crippen LogP contribution in [0.2, 0.25) is 0 Å². The summed E-state index contributed by atoms with van der Waals surface area (Å²) in [7, 11) is 0. The molecule has 6 nitrogen and oxygen atoms in total. The number of rotatable bonds is 2. The SMILES string of the molecule is Cc1nc(C(=O)N2CCCCC2C2CCCN2)no1. The van der Waals surface area contributed by atoms with E-state index in [1.807, 2.05) is 4.90 Å². The molecule has 6 heteroatoms. The number of nitrogens with zero attached hydrogens (tertiary/aromatic N) is 3. The van der Waals surface area contributed by atoms with Crippen molar-refractivity contribution in [3.63, 3.8) is 0 Å². The van der Waals surface area contributed by atoms with Gasteiger partial charge >= 0.3 is 0 Å². The zero-order valence-corrected chi connectivity index (χ0v) is 11.3. The van der Waals surface area contributed by atoms with E-state index in [4.69, 9.17) is 4.52 Å². The zero-order chi connectivity index (χ0) is 13.2. The number of aromatic nitrogens is 2. The molecule has 1 aromatic heterocycles. The number of carbonyl (C=O) groups is 1. The number of hydrogen-bond donors (Lipinski definition) is 1. The fourth-order valence-electron chi connectivity index (χ4n) is 3.18. The van der Waals surface area contributed by atoms with Crippen LogP contribution in [0.5, 0.6) is 0 Å². The van der Waals surface area contributed by atoms with Crippen molar-refractivity contribution in [1.82, 2.24) is 20.4 Å². The maximum absolute atomic E-state index is 12.5. The molecule has 2 fully saturated rings. The number of piperidine rings is 1. The van der Waals surface area contributed by atoms with Crippen molar-refractivity contribution < 1.29 is 9.32 Å². The average Bonchev–Trinajstić information content (AvgIpc) is 3.09. The fraction of sp³-hybridized carbons (Fsp3) is 0.769. The van der Waals surface area contributed by atoms with Crippen molar-refractivity contribution in [2.45, 2.75) is 51.1 Å². The molecule has 2 saturated heterocycles. The van der Waals surface area contributed by atoms with E-state index in [1.165, 1.54) is 12.8 Å². The first kappa shape index (κ1) is 12.6. The van der Waals surface area contributed by atoms with Gasteiger partial charge in [-0.1, -0.05) is 5.16 Å². The average molecular weight is 264 g/mol. The third-order valence-corrected chi connectivity index (χ3v) is 4.09. The second-order valence-electron chi connectivity index (χ2n) is 5.40. The predicted octanol–water partition coefficient (Wildman–Crippen LogP) is 1.12. The summed E-state index contributed by atoms with van der Waals surface area (Å²) < 4.78 is 4.91. The van der Waals surface area contributed by atoms with E-state index in [0.717, 1.165) is 32.4 Å². The van der Waals surface area contributed by atoms with Gasteiger partial charge in [0.1, 0.15) is 0 Å². The van der Waals surface area contributed by atoms with Gasteiger partial charge in [-0.25, -0.2) is 0 Å². The Labute approximate surface area is 112 Å². The van der Waals surface area contributed by atoms with E-state index in [9.17, 15) is 4.79 Å². The summed E-state index contributed by atoms with van der Waals surface area (Å²) in [5.74, 6) is 0.550. The highest BCUT2D eigenvalue weighted by molar-refractivity contribution is 5.90. The quantitative estimate of drug-likeness (QED) is 0.867. The summed E-state index contributed by atoms with van der Waals surface area (Å²) in [6, 6.07) is 0.708. The molecule has 2 aliphatic heterocycles. The van der Waals surface area contributed by atoms with E-state index in [-0.39, 0.29) is 17.8 Å². The molecule has 1 aromatic rings. The van der Waals surface area contributed by atoms with E-state index in [0.29, 0.717) is 11.9 Å². The first-order valence-electron chi connectivity index (χ1n) is 7.10. The van der Waals surface area contributed by atoms with Gasteiger partial charge in [-0.05, 0) is 38.6 Å². The Kier molecular flexibility index (Phi) is 3.50. The number of hydrogen-bond acceptors (Lipinski definition) is 5. The summed E-state index contributed by atoms with van der Waals surface area (Å²) in [5.41, 5.74) is 0. The van der Waals surface area contributed by atoms with E-state index >= 15 is 0 Å². The standard InChI is InChI=1S/C13H20N4O2/c1-9-15-12(16-19-9)13(18)17-8-3-2-6-11(17)10-5-4-7-14-10/h10-11,14H,2-8H2,1H3. The van der Waals surface area contributed by atoms with Crippen LogP contribution in [0.3, 0.4) is 0 Å². The van der Waals surface area contributed by atoms with Crippen molar-refractivity contribution >= 4 is 5.91 Å². The predicted molar refractivity (Wildman–Crippen MR) is 68.7 cm³/mol. The minimum absolute atomic E-state index is 0.0877. The Bertz CT molecular complexity index is 453. The number of amides is 1. The van der Waals surface area contributed by atoms with Crippen molar-refractivity contribution in [2.24, 2.45) is 0 Å². The summed E-state index contributed by atoms with van der Waals surface area (Å²) >= 11 is 0. The van der Waals surface area contributed by atoms with Gasteiger partial charge in [0.2, 0.25) is 5.89 Å². The Balaban J connectivity index is 1.77. The fourth-order valence-corrected chi connectivity index (χ4v) is 3.18. The second-order valence-corrected chi connectivity index (χ2v) is 5.40. The van der Waals surface area contributed by atoms with Crippen LogP contribution in [-0.2, 0) is 0 Å². The highest BCUT2D eigenvalue weighted by atomic mass is 16.5. The summed E-state index contributed by atoms with van der Waals surface area (Å²) in [6.45, 7) is 3.57. The molecular formula is C13H20N4O2. The van der Waals surface area contributed by atoms with Gasteiger partial charge in [-0.3, -0.25) is 4.79 Å². The number of likely N-dealkylation sites (tertiary alicyclic amines) is 1. The topological polar surface area (TPSA) is 71.3 Å². The second kappa shape index (κ2) is 5.28. The van der Waals surface area contributed by atoms with Gasteiger partial charge in [0.25, 0.3) is 11.7 Å². The van der Waals surface area contributed by atoms with Gasteiger partial charge in [0.05, 0.1) is 0 Å². The largest absolute Gasteiger partial charge is 0.339 e. The van der Waals surface area contributed by atoms with Crippen LogP contribution >= 0.6 is 0 Å². The van der Waals surface area contributed by atoms with Crippen LogP contribution in [-0.4, -0.2) is 46.1 Å². The minimum Gasteiger partial charge on any atom is -0.339 e. The van der Waals surface area contributed by atoms with Crippen molar-refractivity contribution in [3.8, 4) is 0 Å². The molecule has 1 N–H and O–H groups in total. The number of carbonyl (C=O) groups excluding carboxylic acids is 1. The van der Waals surface area contributed by atoms with Gasteiger partial charge < -0.3 is 14.7 Å². The van der Waals surface area contributed by atoms with Crippen LogP contribution in [0.25, 0.3) is 0 Å². The van der Waals surface area contributed by atoms with Crippen LogP contribution in [0, 0.1) is 6.92 Å². The molecule has 2 atom stereocenters. The molecule has 0 aromatic carbocycles. The Morgan fingerprint density at radius 1 is 1.37 bits per heavy atom. The number of nitrogens with one attached hydrogen (secondary N) is 1. The van der Waals surface area contributed by atoms with Crippen molar-refractivity contribution in [1.29, 1.82) is 0 Å². The molecule has 3 heterocycles. The molecule has 3 rings (SSSR count). The lowest BCUT2D eigenvalue weighted by Crippen LogP contribution is -2.52. The summed E-state index contributed by atoms with van der Waals surface area (Å²) in [6.07, 6.45) is 5.67. The maximum atomic E-state index is 12.5. The smallest absolute Gasteiger partial charge is 0.295 e. The molecule has 104 valence electrons. The van der Waals surface area contributed by atoms with Crippen molar-refractivity contribution in [2.75, 3.05) is 13.1 Å². The van der Waals surface area contributed by atoms with Gasteiger partial charge in [-0.2, -0.15) is 4.98 Å². The number of aryl methyl sites for hydroxylation is 1. The molecule has 2 unspecified atom stereocenters. The Morgan fingerprint density at radius 3 is 2.95 bits per heavy atom. The molecule has 2 aliphatic rings. The van der Waals surface area contributed by atoms with Gasteiger partial charge in [-0.15, -0.1) is 0 Å². The van der Waals surface area contributed by atoms with E-state index in [1.54, 1.807) is 6.92 Å². The molecular weight excluding hydrogens is 244 g/mol. The van der Waals surface area contributed by atoms with Gasteiger partial charge in [0, 0.05) is 25.6 Å². The lowest BCUT2D eigenvalue weighted by molar-refractivity contribution is 0.0548. The molecule has 19 heavy (non-hydrogen) atoms. The lowest BCUT2D eigenvalue weighted by Gasteiger charge is -2.38. The van der Waals surface area contributed by atoms with Gasteiger partial charge in [0.15, 0.2) is 0 Å². The molecule has 0 aliphatic carbocycles. The lowest BCUT2D eigenvalue weighted by atomic mass is 9.94. The summed E-state index contributed by atoms with van der Waals surface area (Å²) in [5, 5.41) is 7.26. The first-order chi connectivity index (χ1) is 9.25. The normalized spacial score (nSPS) is 27.7. The van der Waals surface area contributed by atoms with E-state index in [2.05, 4.69) is 15.5 Å². The van der Waals surface area contributed by atoms with Crippen LogP contribution in [0.15, 0.2) is 4.52 Å². The third-order valence-electron chi connectivity index (χ3n) is 4.09. The molecule has 0 saturated carbocycles. The van der Waals surface area contributed by atoms with Crippen LogP contribution in [0.1, 0.15) is 48.6 Å². The summed E-state index contributed by atoms with van der Waals surface area (Å²) in [4.78, 5) is 18.5. The zero-order valence-electron chi connectivity index (χ0n) is 11.3. The molecule has 0 bridgehead atoms. The molecule has 1 amide bonds. The molecule has 0 spiro atoms. The Hall–Kier alpha value is -1.43. The first-order valence-corrected chi connectivity index (χ1v) is 7.10. The third kappa shape index (κ3) is 2.49. The van der Waals surface area contributed by atoms with Crippen molar-refractivity contribution in [3.05, 3.63) is 11.7 Å². The van der Waals surface area contributed by atoms with E-state index < -0.39 is 0 Å². The highest BCUT2D eigenvalue weighted by Gasteiger charge is 2.35. The van der Waals surface area contributed by atoms with Crippen LogP contribution < -0.4 is 5.32 Å². The van der Waals surface area contributed by atoms with Crippen LogP contribution in [0.4, 0.5) is 0 Å².